The van der Waals surface area contributed by atoms with E-state index < -0.39 is 0 Å². The first-order valence-corrected chi connectivity index (χ1v) is 10.1. The maximum absolute atomic E-state index is 4.19. The van der Waals surface area contributed by atoms with Gasteiger partial charge in [0.05, 0.1) is 0 Å². The van der Waals surface area contributed by atoms with E-state index in [0.29, 0.717) is 0 Å². The Bertz CT molecular complexity index is 1030. The minimum absolute atomic E-state index is 0.738. The number of benzene rings is 2. The predicted molar refractivity (Wildman–Crippen MR) is 117 cm³/mol. The Labute approximate surface area is 171 Å². The molecule has 1 N–H and O–H groups in total. The van der Waals surface area contributed by atoms with Crippen molar-refractivity contribution in [2.45, 2.75) is 19.9 Å². The van der Waals surface area contributed by atoms with Crippen molar-refractivity contribution in [1.29, 1.82) is 0 Å². The third-order valence-corrected chi connectivity index (χ3v) is 5.08. The summed E-state index contributed by atoms with van der Waals surface area (Å²) >= 11 is 0. The Kier molecular flexibility index (Phi) is 6.12. The monoisotopic (exact) mass is 386 g/mol. The largest absolute Gasteiger partial charge is 0.372 e. The average molecular weight is 387 g/mol. The Hall–Kier alpha value is -3.25. The highest BCUT2D eigenvalue weighted by atomic mass is 15.5. The zero-order valence-electron chi connectivity index (χ0n) is 16.7. The van der Waals surface area contributed by atoms with Gasteiger partial charge >= 0.3 is 0 Å². The molecule has 0 saturated carbocycles. The molecule has 0 unspecified atom stereocenters. The number of para-hydroxylation sites is 1. The second kappa shape index (κ2) is 9.30. The van der Waals surface area contributed by atoms with Gasteiger partial charge in [0.25, 0.3) is 0 Å². The summed E-state index contributed by atoms with van der Waals surface area (Å²) in [6.07, 6.45) is 3.05. The van der Waals surface area contributed by atoms with Crippen LogP contribution in [0.25, 0.3) is 16.8 Å². The highest BCUT2D eigenvalue weighted by Crippen LogP contribution is 2.21. The lowest BCUT2D eigenvalue weighted by atomic mass is 10.1. The van der Waals surface area contributed by atoms with Gasteiger partial charge in [0.2, 0.25) is 0 Å². The molecule has 2 aromatic heterocycles. The number of rotatable bonds is 9. The normalized spacial score (nSPS) is 11.1. The summed E-state index contributed by atoms with van der Waals surface area (Å²) in [7, 11) is 0. The second-order valence-corrected chi connectivity index (χ2v) is 7.01. The lowest BCUT2D eigenvalue weighted by Crippen LogP contribution is -2.27. The van der Waals surface area contributed by atoms with Crippen molar-refractivity contribution in [2.24, 2.45) is 0 Å². The van der Waals surface area contributed by atoms with Gasteiger partial charge in [0.15, 0.2) is 5.65 Å². The standard InChI is InChI=1S/C23H26N6/c1-2-28(22-12-7-4-8-13-22)15-9-14-24-17-20-16-21(19-10-5-3-6-11-19)18-29-23(20)25-26-27-29/h3-8,10-13,16,18,24H,2,9,14-15,17H2,1H3. The fourth-order valence-corrected chi connectivity index (χ4v) is 3.56. The van der Waals surface area contributed by atoms with Gasteiger partial charge in [-0.15, -0.1) is 5.10 Å². The van der Waals surface area contributed by atoms with E-state index in [0.717, 1.165) is 54.9 Å². The molecule has 4 aromatic rings. The zero-order chi connectivity index (χ0) is 19.9. The number of nitrogens with one attached hydrogen (secondary N) is 1. The predicted octanol–water partition coefficient (Wildman–Crippen LogP) is 3.80. The maximum Gasteiger partial charge on any atom is 0.183 e. The summed E-state index contributed by atoms with van der Waals surface area (Å²) in [5.74, 6) is 0. The highest BCUT2D eigenvalue weighted by Gasteiger charge is 2.09. The number of aromatic nitrogens is 4. The number of nitrogens with zero attached hydrogens (tertiary/aromatic N) is 5. The van der Waals surface area contributed by atoms with E-state index in [4.69, 9.17) is 0 Å². The van der Waals surface area contributed by atoms with Crippen LogP contribution in [0, 0.1) is 0 Å². The molecule has 0 atom stereocenters. The summed E-state index contributed by atoms with van der Waals surface area (Å²) in [6, 6.07) is 23.1. The van der Waals surface area contributed by atoms with Crippen molar-refractivity contribution in [2.75, 3.05) is 24.5 Å². The Morgan fingerprint density at radius 3 is 2.48 bits per heavy atom. The van der Waals surface area contributed by atoms with E-state index in [2.05, 4.69) is 81.2 Å². The Morgan fingerprint density at radius 2 is 1.72 bits per heavy atom. The number of tetrazole rings is 1. The molecule has 0 aliphatic carbocycles. The fraction of sp³-hybridized carbons (Fsp3) is 0.261. The van der Waals surface area contributed by atoms with E-state index in [9.17, 15) is 0 Å². The van der Waals surface area contributed by atoms with Gasteiger partial charge in [0, 0.05) is 42.6 Å². The van der Waals surface area contributed by atoms with Crippen molar-refractivity contribution in [3.63, 3.8) is 0 Å². The van der Waals surface area contributed by atoms with Gasteiger partial charge in [-0.3, -0.25) is 0 Å². The number of pyridine rings is 1. The zero-order valence-corrected chi connectivity index (χ0v) is 16.7. The molecule has 0 bridgehead atoms. The summed E-state index contributed by atoms with van der Waals surface area (Å²) < 4.78 is 1.76. The topological polar surface area (TPSA) is 58.4 Å². The maximum atomic E-state index is 4.19. The van der Waals surface area contributed by atoms with Crippen molar-refractivity contribution in [3.8, 4) is 11.1 Å². The highest BCUT2D eigenvalue weighted by molar-refractivity contribution is 5.66. The smallest absolute Gasteiger partial charge is 0.183 e. The molecule has 6 heteroatoms. The summed E-state index contributed by atoms with van der Waals surface area (Å²) in [6.45, 7) is 5.91. The molecule has 0 amide bonds. The van der Waals surface area contributed by atoms with E-state index in [1.54, 1.807) is 4.52 Å². The van der Waals surface area contributed by atoms with Crippen LogP contribution in [-0.2, 0) is 6.54 Å². The molecule has 2 aromatic carbocycles. The molecular weight excluding hydrogens is 360 g/mol. The third-order valence-electron chi connectivity index (χ3n) is 5.08. The summed E-state index contributed by atoms with van der Waals surface area (Å²) in [5, 5.41) is 15.7. The molecular formula is C23H26N6. The quantitative estimate of drug-likeness (QED) is 0.444. The van der Waals surface area contributed by atoms with Gasteiger partial charge in [-0.05, 0) is 54.1 Å². The molecule has 2 heterocycles. The fourth-order valence-electron chi connectivity index (χ4n) is 3.56. The molecule has 0 saturated heterocycles. The summed E-state index contributed by atoms with van der Waals surface area (Å²) in [4.78, 5) is 2.40. The van der Waals surface area contributed by atoms with Gasteiger partial charge in [-0.1, -0.05) is 48.5 Å². The average Bonchev–Trinajstić information content (AvgIpc) is 3.26. The van der Waals surface area contributed by atoms with E-state index in [-0.39, 0.29) is 0 Å². The number of anilines is 1. The molecule has 0 aliphatic heterocycles. The van der Waals surface area contributed by atoms with E-state index in [1.165, 1.54) is 5.69 Å². The molecule has 148 valence electrons. The van der Waals surface area contributed by atoms with Crippen LogP contribution in [0.1, 0.15) is 18.9 Å². The Morgan fingerprint density at radius 1 is 0.966 bits per heavy atom. The molecule has 0 radical (unpaired) electrons. The minimum Gasteiger partial charge on any atom is -0.372 e. The van der Waals surface area contributed by atoms with E-state index in [1.807, 2.05) is 24.4 Å². The molecule has 29 heavy (non-hydrogen) atoms. The van der Waals surface area contributed by atoms with E-state index >= 15 is 0 Å². The van der Waals surface area contributed by atoms with Crippen LogP contribution in [0.3, 0.4) is 0 Å². The van der Waals surface area contributed by atoms with Crippen molar-refractivity contribution in [3.05, 3.63) is 78.5 Å². The lowest BCUT2D eigenvalue weighted by molar-refractivity contribution is 0.637. The second-order valence-electron chi connectivity index (χ2n) is 7.01. The summed E-state index contributed by atoms with van der Waals surface area (Å²) in [5.41, 5.74) is 5.46. The number of hydrogen-bond donors (Lipinski definition) is 1. The number of hydrogen-bond acceptors (Lipinski definition) is 5. The third kappa shape index (κ3) is 4.60. The molecule has 0 spiro atoms. The van der Waals surface area contributed by atoms with Gasteiger partial charge in [-0.25, -0.2) is 0 Å². The van der Waals surface area contributed by atoms with Crippen LogP contribution < -0.4 is 10.2 Å². The molecule has 0 aliphatic rings. The van der Waals surface area contributed by atoms with Gasteiger partial charge in [0.1, 0.15) is 0 Å². The SMILES string of the molecule is CCN(CCCNCc1cc(-c2ccccc2)cn2nnnc12)c1ccccc1. The first-order valence-electron chi connectivity index (χ1n) is 10.1. The molecule has 4 rings (SSSR count). The lowest BCUT2D eigenvalue weighted by Gasteiger charge is -2.23. The first kappa shape index (κ1) is 19.1. The minimum atomic E-state index is 0.738. The van der Waals surface area contributed by atoms with Gasteiger partial charge < -0.3 is 10.2 Å². The van der Waals surface area contributed by atoms with Crippen LogP contribution in [0.2, 0.25) is 0 Å². The first-order chi connectivity index (χ1) is 14.3. The Balaban J connectivity index is 1.38. The van der Waals surface area contributed by atoms with Crippen LogP contribution in [-0.4, -0.2) is 39.7 Å². The molecule has 0 fully saturated rings. The van der Waals surface area contributed by atoms with Gasteiger partial charge in [-0.2, -0.15) is 4.52 Å². The van der Waals surface area contributed by atoms with Crippen LogP contribution in [0.5, 0.6) is 0 Å². The molecule has 6 nitrogen and oxygen atoms in total. The van der Waals surface area contributed by atoms with Crippen LogP contribution in [0.4, 0.5) is 5.69 Å². The van der Waals surface area contributed by atoms with Crippen molar-refractivity contribution in [1.82, 2.24) is 25.4 Å². The van der Waals surface area contributed by atoms with Crippen LogP contribution in [0.15, 0.2) is 72.9 Å². The van der Waals surface area contributed by atoms with Crippen molar-refractivity contribution >= 4 is 11.3 Å². The number of fused-ring (bicyclic) bond motifs is 1. The van der Waals surface area contributed by atoms with Crippen LogP contribution >= 0.6 is 0 Å². The van der Waals surface area contributed by atoms with Crippen molar-refractivity contribution < 1.29 is 0 Å².